The van der Waals surface area contributed by atoms with Gasteiger partial charge in [-0.25, -0.2) is 4.98 Å². The summed E-state index contributed by atoms with van der Waals surface area (Å²) in [4.78, 5) is 11.5. The minimum atomic E-state index is 0.579. The van der Waals surface area contributed by atoms with E-state index in [1.54, 1.807) is 13.3 Å². The van der Waals surface area contributed by atoms with Gasteiger partial charge in [-0.1, -0.05) is 24.3 Å². The van der Waals surface area contributed by atoms with Crippen LogP contribution in [0.1, 0.15) is 6.42 Å². The van der Waals surface area contributed by atoms with Gasteiger partial charge < -0.3 is 25.6 Å². The van der Waals surface area contributed by atoms with E-state index in [1.165, 1.54) is 0 Å². The summed E-state index contributed by atoms with van der Waals surface area (Å²) in [6, 6.07) is 18.2. The fraction of sp³-hybridized carbons (Fsp3) is 0.333. The van der Waals surface area contributed by atoms with Gasteiger partial charge in [-0.2, -0.15) is 4.98 Å². The molecule has 1 saturated heterocycles. The van der Waals surface area contributed by atoms with Crippen molar-refractivity contribution >= 4 is 17.5 Å². The average Bonchev–Trinajstić information content (AvgIpc) is 2.83. The number of nitrogens with zero attached hydrogens (tertiary/aromatic N) is 3. The van der Waals surface area contributed by atoms with Crippen molar-refractivity contribution in [2.75, 3.05) is 57.0 Å². The fourth-order valence-electron chi connectivity index (χ4n) is 3.68. The van der Waals surface area contributed by atoms with Crippen molar-refractivity contribution in [3.05, 3.63) is 60.8 Å². The number of rotatable bonds is 9. The van der Waals surface area contributed by atoms with Gasteiger partial charge in [0.05, 0.1) is 7.11 Å². The van der Waals surface area contributed by atoms with Gasteiger partial charge in [0.2, 0.25) is 5.95 Å². The van der Waals surface area contributed by atoms with E-state index in [0.717, 1.165) is 74.1 Å². The van der Waals surface area contributed by atoms with E-state index in [2.05, 4.69) is 49.0 Å². The monoisotopic (exact) mass is 418 g/mol. The number of anilines is 3. The molecule has 31 heavy (non-hydrogen) atoms. The third-order valence-electron chi connectivity index (χ3n) is 5.34. The summed E-state index contributed by atoms with van der Waals surface area (Å²) in [6.07, 6.45) is 2.87. The van der Waals surface area contributed by atoms with Crippen LogP contribution in [0.4, 0.5) is 17.5 Å². The van der Waals surface area contributed by atoms with E-state index in [4.69, 9.17) is 4.74 Å². The number of benzene rings is 2. The molecule has 2 heterocycles. The van der Waals surface area contributed by atoms with Gasteiger partial charge in [0.25, 0.3) is 0 Å². The molecule has 1 aromatic heterocycles. The summed E-state index contributed by atoms with van der Waals surface area (Å²) >= 11 is 0. The normalized spacial score (nSPS) is 14.2. The van der Waals surface area contributed by atoms with Crippen LogP contribution in [-0.2, 0) is 0 Å². The predicted octanol–water partition coefficient (Wildman–Crippen LogP) is 3.60. The number of hydrogen-bond donors (Lipinski definition) is 3. The van der Waals surface area contributed by atoms with Crippen LogP contribution in [0.5, 0.6) is 5.75 Å². The van der Waals surface area contributed by atoms with Gasteiger partial charge in [-0.3, -0.25) is 0 Å². The summed E-state index contributed by atoms with van der Waals surface area (Å²) < 4.78 is 5.34. The van der Waals surface area contributed by atoms with E-state index in [9.17, 15) is 0 Å². The minimum absolute atomic E-state index is 0.579. The molecule has 0 amide bonds. The minimum Gasteiger partial charge on any atom is -0.497 e. The summed E-state index contributed by atoms with van der Waals surface area (Å²) in [7, 11) is 1.68. The first-order chi connectivity index (χ1) is 15.3. The van der Waals surface area contributed by atoms with E-state index in [0.29, 0.717) is 5.95 Å². The van der Waals surface area contributed by atoms with E-state index in [-0.39, 0.29) is 0 Å². The van der Waals surface area contributed by atoms with Crippen LogP contribution < -0.4 is 20.7 Å². The number of methoxy groups -OCH3 is 1. The largest absolute Gasteiger partial charge is 0.497 e. The number of piperazine rings is 1. The van der Waals surface area contributed by atoms with Crippen molar-refractivity contribution in [1.29, 1.82) is 0 Å². The Balaban J connectivity index is 1.34. The van der Waals surface area contributed by atoms with Crippen LogP contribution >= 0.6 is 0 Å². The summed E-state index contributed by atoms with van der Waals surface area (Å²) in [5.74, 6) is 2.26. The van der Waals surface area contributed by atoms with Crippen molar-refractivity contribution in [1.82, 2.24) is 20.2 Å². The molecule has 7 nitrogen and oxygen atoms in total. The van der Waals surface area contributed by atoms with Gasteiger partial charge in [0.1, 0.15) is 11.6 Å². The Morgan fingerprint density at radius 1 is 1.03 bits per heavy atom. The number of aromatic nitrogens is 2. The van der Waals surface area contributed by atoms with Crippen LogP contribution in [0.15, 0.2) is 60.8 Å². The first-order valence-electron chi connectivity index (χ1n) is 10.8. The molecule has 0 aliphatic carbocycles. The van der Waals surface area contributed by atoms with Crippen LogP contribution in [0.2, 0.25) is 0 Å². The first kappa shape index (κ1) is 21.1. The molecule has 1 aliphatic rings. The molecule has 1 fully saturated rings. The molecule has 162 valence electrons. The molecule has 1 aliphatic heterocycles. The van der Waals surface area contributed by atoms with E-state index in [1.807, 2.05) is 36.4 Å². The molecule has 0 bridgehead atoms. The van der Waals surface area contributed by atoms with Crippen LogP contribution in [0, 0.1) is 0 Å². The number of nitrogens with one attached hydrogen (secondary N) is 3. The number of ether oxygens (including phenoxy) is 1. The molecule has 2 aromatic carbocycles. The standard InChI is InChI=1S/C24H30N6O/c1-31-22-8-3-6-20(18-22)19-5-2-7-21(17-19)28-24-27-11-9-23(29-24)26-10-4-14-30-15-12-25-13-16-30/h2-3,5-9,11,17-18,25H,4,10,12-16H2,1H3,(H2,26,27,28,29). The fourth-order valence-corrected chi connectivity index (χ4v) is 3.68. The highest BCUT2D eigenvalue weighted by Gasteiger charge is 2.08. The second kappa shape index (κ2) is 10.7. The van der Waals surface area contributed by atoms with Gasteiger partial charge in [-0.05, 0) is 54.4 Å². The lowest BCUT2D eigenvalue weighted by atomic mass is 10.0. The van der Waals surface area contributed by atoms with Crippen LogP contribution in [0.25, 0.3) is 11.1 Å². The summed E-state index contributed by atoms with van der Waals surface area (Å²) in [6.45, 7) is 6.46. The first-order valence-corrected chi connectivity index (χ1v) is 10.8. The molecule has 4 rings (SSSR count). The van der Waals surface area contributed by atoms with E-state index < -0.39 is 0 Å². The smallest absolute Gasteiger partial charge is 0.229 e. The molecule has 0 unspecified atom stereocenters. The topological polar surface area (TPSA) is 74.3 Å². The second-order valence-corrected chi connectivity index (χ2v) is 7.58. The highest BCUT2D eigenvalue weighted by molar-refractivity contribution is 5.70. The van der Waals surface area contributed by atoms with Gasteiger partial charge in [0, 0.05) is 44.6 Å². The predicted molar refractivity (Wildman–Crippen MR) is 126 cm³/mol. The molecular weight excluding hydrogens is 388 g/mol. The highest BCUT2D eigenvalue weighted by Crippen LogP contribution is 2.26. The van der Waals surface area contributed by atoms with Crippen LogP contribution in [-0.4, -0.2) is 61.2 Å². The molecule has 0 radical (unpaired) electrons. The Bertz CT molecular complexity index is 974. The Morgan fingerprint density at radius 3 is 2.68 bits per heavy atom. The van der Waals surface area contributed by atoms with Crippen molar-refractivity contribution < 1.29 is 4.74 Å². The summed E-state index contributed by atoms with van der Waals surface area (Å²) in [5.41, 5.74) is 3.14. The third-order valence-corrected chi connectivity index (χ3v) is 5.34. The molecule has 3 aromatic rings. The SMILES string of the molecule is COc1cccc(-c2cccc(Nc3nccc(NCCCN4CCNCC4)n3)c2)c1. The van der Waals surface area contributed by atoms with Gasteiger partial charge in [-0.15, -0.1) is 0 Å². The maximum atomic E-state index is 5.34. The lowest BCUT2D eigenvalue weighted by molar-refractivity contribution is 0.240. The molecule has 7 heteroatoms. The third kappa shape index (κ3) is 6.16. The highest BCUT2D eigenvalue weighted by atomic mass is 16.5. The zero-order valence-corrected chi connectivity index (χ0v) is 18.0. The van der Waals surface area contributed by atoms with Crippen molar-refractivity contribution in [3.63, 3.8) is 0 Å². The molecular formula is C24H30N6O. The maximum absolute atomic E-state index is 5.34. The molecule has 0 spiro atoms. The molecule has 3 N–H and O–H groups in total. The van der Waals surface area contributed by atoms with Gasteiger partial charge >= 0.3 is 0 Å². The quantitative estimate of drug-likeness (QED) is 0.459. The molecule has 0 saturated carbocycles. The summed E-state index contributed by atoms with van der Waals surface area (Å²) in [5, 5.41) is 10.1. The molecule has 0 atom stereocenters. The lowest BCUT2D eigenvalue weighted by Gasteiger charge is -2.27. The van der Waals surface area contributed by atoms with Crippen molar-refractivity contribution in [3.8, 4) is 16.9 Å². The Hall–Kier alpha value is -3.16. The van der Waals surface area contributed by atoms with Gasteiger partial charge in [0.15, 0.2) is 0 Å². The average molecular weight is 419 g/mol. The Labute approximate surface area is 183 Å². The van der Waals surface area contributed by atoms with Crippen molar-refractivity contribution in [2.24, 2.45) is 0 Å². The number of hydrogen-bond acceptors (Lipinski definition) is 7. The zero-order chi connectivity index (χ0) is 21.3. The Morgan fingerprint density at radius 2 is 1.84 bits per heavy atom. The van der Waals surface area contributed by atoms with E-state index >= 15 is 0 Å². The van der Waals surface area contributed by atoms with Crippen molar-refractivity contribution in [2.45, 2.75) is 6.42 Å². The zero-order valence-electron chi connectivity index (χ0n) is 18.0. The Kier molecular flexibility index (Phi) is 7.31. The maximum Gasteiger partial charge on any atom is 0.229 e. The second-order valence-electron chi connectivity index (χ2n) is 7.58. The lowest BCUT2D eigenvalue weighted by Crippen LogP contribution is -2.44. The van der Waals surface area contributed by atoms with Crippen LogP contribution in [0.3, 0.4) is 0 Å².